The highest BCUT2D eigenvalue weighted by molar-refractivity contribution is 5.97. The summed E-state index contributed by atoms with van der Waals surface area (Å²) < 4.78 is 2.25. The maximum atomic E-state index is 13.0. The molecule has 0 saturated carbocycles. The standard InChI is InChI=1S/C20H27N7O/c1-25(2)9-4-11-26-12-8-21-19(26)16-5-3-10-27(14-16)20(28)15-6-7-17-18(13-15)23-24-22-17/h6-8,12-13,16H,3-5,9-11,14H2,1-2H3,(H,22,23,24)/t16-/m0/s1. The van der Waals surface area contributed by atoms with Gasteiger partial charge in [0.05, 0.1) is 0 Å². The lowest BCUT2D eigenvalue weighted by Crippen LogP contribution is -2.39. The molecule has 1 aromatic carbocycles. The first-order valence-corrected chi connectivity index (χ1v) is 9.87. The fourth-order valence-electron chi connectivity index (χ4n) is 3.96. The van der Waals surface area contributed by atoms with E-state index in [2.05, 4.69) is 50.2 Å². The zero-order chi connectivity index (χ0) is 19.5. The second-order valence-electron chi connectivity index (χ2n) is 7.75. The minimum atomic E-state index is 0.0558. The van der Waals surface area contributed by atoms with Crippen LogP contribution in [0.4, 0.5) is 0 Å². The molecule has 1 N–H and O–H groups in total. The smallest absolute Gasteiger partial charge is 0.253 e. The molecule has 0 radical (unpaired) electrons. The molecule has 2 aromatic heterocycles. The Morgan fingerprint density at radius 1 is 1.29 bits per heavy atom. The van der Waals surface area contributed by atoms with E-state index >= 15 is 0 Å². The average Bonchev–Trinajstić information content (AvgIpc) is 3.36. The fraction of sp³-hybridized carbons (Fsp3) is 0.500. The third-order valence-electron chi connectivity index (χ3n) is 5.39. The van der Waals surface area contributed by atoms with Gasteiger partial charge in [-0.15, -0.1) is 0 Å². The van der Waals surface area contributed by atoms with Gasteiger partial charge < -0.3 is 14.4 Å². The molecule has 4 rings (SSSR count). The molecule has 0 bridgehead atoms. The van der Waals surface area contributed by atoms with Crippen molar-refractivity contribution in [3.8, 4) is 0 Å². The number of piperidine rings is 1. The van der Waals surface area contributed by atoms with E-state index in [1.165, 1.54) is 0 Å². The van der Waals surface area contributed by atoms with Crippen LogP contribution in [0.2, 0.25) is 0 Å². The van der Waals surface area contributed by atoms with E-state index in [0.717, 1.165) is 55.8 Å². The van der Waals surface area contributed by atoms with E-state index in [4.69, 9.17) is 0 Å². The predicted octanol–water partition coefficient (Wildman–Crippen LogP) is 2.13. The Hall–Kier alpha value is -2.74. The molecule has 1 saturated heterocycles. The fourth-order valence-corrected chi connectivity index (χ4v) is 3.96. The van der Waals surface area contributed by atoms with Gasteiger partial charge >= 0.3 is 0 Å². The number of rotatable bonds is 6. The van der Waals surface area contributed by atoms with Crippen molar-refractivity contribution in [2.24, 2.45) is 0 Å². The molecule has 1 amide bonds. The number of imidazole rings is 1. The van der Waals surface area contributed by atoms with E-state index in [-0.39, 0.29) is 11.8 Å². The summed E-state index contributed by atoms with van der Waals surface area (Å²) in [5, 5.41) is 10.7. The largest absolute Gasteiger partial charge is 0.338 e. The number of carbonyl (C=O) groups is 1. The number of fused-ring (bicyclic) bond motifs is 1. The number of aromatic amines is 1. The third kappa shape index (κ3) is 3.91. The quantitative estimate of drug-likeness (QED) is 0.707. The Morgan fingerprint density at radius 3 is 3.00 bits per heavy atom. The molecule has 3 heterocycles. The Bertz CT molecular complexity index is 945. The van der Waals surface area contributed by atoms with Crippen LogP contribution in [0.25, 0.3) is 11.0 Å². The molecule has 1 atom stereocenters. The molecule has 1 aliphatic heterocycles. The summed E-state index contributed by atoms with van der Waals surface area (Å²) in [6.45, 7) is 3.51. The van der Waals surface area contributed by atoms with Gasteiger partial charge in [-0.1, -0.05) is 0 Å². The number of nitrogens with one attached hydrogen (secondary N) is 1. The molecule has 8 heteroatoms. The van der Waals surface area contributed by atoms with Crippen LogP contribution in [0.5, 0.6) is 0 Å². The molecule has 0 unspecified atom stereocenters. The highest BCUT2D eigenvalue weighted by Crippen LogP contribution is 2.27. The first kappa shape index (κ1) is 18.6. The topological polar surface area (TPSA) is 82.9 Å². The van der Waals surface area contributed by atoms with Crippen molar-refractivity contribution in [3.05, 3.63) is 42.0 Å². The monoisotopic (exact) mass is 381 g/mol. The Labute approximate surface area is 164 Å². The molecule has 3 aromatic rings. The number of hydrogen-bond donors (Lipinski definition) is 1. The van der Waals surface area contributed by atoms with Gasteiger partial charge in [-0.3, -0.25) is 4.79 Å². The normalized spacial score (nSPS) is 17.5. The first-order valence-electron chi connectivity index (χ1n) is 9.87. The van der Waals surface area contributed by atoms with Crippen molar-refractivity contribution in [1.29, 1.82) is 0 Å². The summed E-state index contributed by atoms with van der Waals surface area (Å²) in [7, 11) is 4.19. The van der Waals surface area contributed by atoms with E-state index in [9.17, 15) is 4.79 Å². The van der Waals surface area contributed by atoms with Gasteiger partial charge in [0, 0.05) is 43.5 Å². The van der Waals surface area contributed by atoms with Crippen molar-refractivity contribution < 1.29 is 4.79 Å². The van der Waals surface area contributed by atoms with Crippen LogP contribution in [0, 0.1) is 0 Å². The van der Waals surface area contributed by atoms with Gasteiger partial charge in [0.1, 0.15) is 16.9 Å². The van der Waals surface area contributed by atoms with E-state index < -0.39 is 0 Å². The molecule has 0 spiro atoms. The lowest BCUT2D eigenvalue weighted by atomic mass is 9.96. The molecule has 1 aliphatic rings. The number of aromatic nitrogens is 5. The molecule has 148 valence electrons. The summed E-state index contributed by atoms with van der Waals surface area (Å²) in [5.74, 6) is 1.44. The number of likely N-dealkylation sites (tertiary alicyclic amines) is 1. The average molecular weight is 381 g/mol. The van der Waals surface area contributed by atoms with Gasteiger partial charge in [-0.05, 0) is 58.1 Å². The van der Waals surface area contributed by atoms with E-state index in [1.807, 2.05) is 29.3 Å². The first-order chi connectivity index (χ1) is 13.6. The minimum Gasteiger partial charge on any atom is -0.338 e. The summed E-state index contributed by atoms with van der Waals surface area (Å²) in [5.41, 5.74) is 2.15. The van der Waals surface area contributed by atoms with Gasteiger partial charge in [0.25, 0.3) is 5.91 Å². The zero-order valence-electron chi connectivity index (χ0n) is 16.5. The van der Waals surface area contributed by atoms with Gasteiger partial charge in [0.15, 0.2) is 0 Å². The highest BCUT2D eigenvalue weighted by Gasteiger charge is 2.28. The molecule has 8 nitrogen and oxygen atoms in total. The molecular weight excluding hydrogens is 354 g/mol. The molecule has 28 heavy (non-hydrogen) atoms. The van der Waals surface area contributed by atoms with Crippen LogP contribution < -0.4 is 0 Å². The van der Waals surface area contributed by atoms with Crippen LogP contribution in [0.3, 0.4) is 0 Å². The van der Waals surface area contributed by atoms with Crippen LogP contribution in [0.1, 0.15) is 41.4 Å². The van der Waals surface area contributed by atoms with Crippen molar-refractivity contribution in [1.82, 2.24) is 34.8 Å². The number of carbonyl (C=O) groups excluding carboxylic acids is 1. The Balaban J connectivity index is 1.45. The number of benzene rings is 1. The molecule has 1 fully saturated rings. The highest BCUT2D eigenvalue weighted by atomic mass is 16.2. The predicted molar refractivity (Wildman–Crippen MR) is 107 cm³/mol. The van der Waals surface area contributed by atoms with Crippen molar-refractivity contribution >= 4 is 16.9 Å². The Kier molecular flexibility index (Phi) is 5.38. The lowest BCUT2D eigenvalue weighted by Gasteiger charge is -2.33. The maximum Gasteiger partial charge on any atom is 0.253 e. The minimum absolute atomic E-state index is 0.0558. The van der Waals surface area contributed by atoms with Crippen LogP contribution >= 0.6 is 0 Å². The zero-order valence-corrected chi connectivity index (χ0v) is 16.5. The number of aryl methyl sites for hydroxylation is 1. The van der Waals surface area contributed by atoms with Crippen LogP contribution in [0.15, 0.2) is 30.6 Å². The summed E-state index contributed by atoms with van der Waals surface area (Å²) in [4.78, 5) is 21.8. The van der Waals surface area contributed by atoms with Crippen molar-refractivity contribution in [2.75, 3.05) is 33.7 Å². The SMILES string of the molecule is CN(C)CCCn1ccnc1[C@H]1CCCN(C(=O)c2ccc3n[nH]nc3c2)C1. The Morgan fingerprint density at radius 2 is 2.14 bits per heavy atom. The number of amides is 1. The van der Waals surface area contributed by atoms with E-state index in [1.54, 1.807) is 0 Å². The number of H-pyrrole nitrogens is 1. The van der Waals surface area contributed by atoms with Crippen LogP contribution in [-0.2, 0) is 6.54 Å². The summed E-state index contributed by atoms with van der Waals surface area (Å²) in [6, 6.07) is 5.48. The van der Waals surface area contributed by atoms with E-state index in [0.29, 0.717) is 12.1 Å². The summed E-state index contributed by atoms with van der Waals surface area (Å²) in [6.07, 6.45) is 7.09. The van der Waals surface area contributed by atoms with Crippen molar-refractivity contribution in [2.45, 2.75) is 31.7 Å². The lowest BCUT2D eigenvalue weighted by molar-refractivity contribution is 0.0703. The third-order valence-corrected chi connectivity index (χ3v) is 5.39. The second kappa shape index (κ2) is 8.10. The second-order valence-corrected chi connectivity index (χ2v) is 7.75. The van der Waals surface area contributed by atoms with Gasteiger partial charge in [-0.25, -0.2) is 4.98 Å². The van der Waals surface area contributed by atoms with Crippen molar-refractivity contribution in [3.63, 3.8) is 0 Å². The molecule has 0 aliphatic carbocycles. The van der Waals surface area contributed by atoms with Gasteiger partial charge in [-0.2, -0.15) is 15.4 Å². The van der Waals surface area contributed by atoms with Crippen LogP contribution in [-0.4, -0.2) is 74.4 Å². The maximum absolute atomic E-state index is 13.0. The summed E-state index contributed by atoms with van der Waals surface area (Å²) >= 11 is 0. The number of hydrogen-bond acceptors (Lipinski definition) is 5. The molecular formula is C20H27N7O. The van der Waals surface area contributed by atoms with Gasteiger partial charge in [0.2, 0.25) is 0 Å². The number of nitrogens with zero attached hydrogens (tertiary/aromatic N) is 6.